The van der Waals surface area contributed by atoms with Crippen molar-refractivity contribution >= 4 is 22.5 Å². The van der Waals surface area contributed by atoms with Crippen molar-refractivity contribution in [3.8, 4) is 5.75 Å². The van der Waals surface area contributed by atoms with Crippen molar-refractivity contribution in [3.05, 3.63) is 69.3 Å². The van der Waals surface area contributed by atoms with Crippen LogP contribution in [-0.2, 0) is 0 Å². The molecule has 0 bridgehead atoms. The van der Waals surface area contributed by atoms with Gasteiger partial charge in [-0.25, -0.2) is 0 Å². The highest BCUT2D eigenvalue weighted by atomic mass is 32.2. The number of nitrogens with zero attached hydrogens (tertiary/aromatic N) is 2. The Labute approximate surface area is 131 Å². The first-order valence-electron chi connectivity index (χ1n) is 6.59. The van der Waals surface area contributed by atoms with Gasteiger partial charge in [0.2, 0.25) is 0 Å². The number of nitro groups is 1. The molecule has 1 heterocycles. The Morgan fingerprint density at radius 3 is 2.68 bits per heavy atom. The predicted molar refractivity (Wildman–Crippen MR) is 85.9 cm³/mol. The first kappa shape index (κ1) is 14.4. The standard InChI is InChI=1S/C15H13N3O3S/c1-9-2-4-10(5-3-9)14-16-17-15(22-14)12-8-11(18(20)21)6-7-13(12)19/h2-8,15,17,19H,1H3/t15-/m1/s1. The summed E-state index contributed by atoms with van der Waals surface area (Å²) in [6, 6.07) is 11.9. The lowest BCUT2D eigenvalue weighted by Crippen LogP contribution is -2.07. The molecule has 3 rings (SSSR count). The van der Waals surface area contributed by atoms with Crippen LogP contribution in [0.25, 0.3) is 0 Å². The number of rotatable bonds is 3. The SMILES string of the molecule is Cc1ccc(C2=NN[C@@H](c3cc([N+](=O)[O-])ccc3O)S2)cc1. The van der Waals surface area contributed by atoms with Gasteiger partial charge in [0.25, 0.3) is 5.69 Å². The number of thioether (sulfide) groups is 1. The first-order valence-corrected chi connectivity index (χ1v) is 7.47. The highest BCUT2D eigenvalue weighted by Crippen LogP contribution is 2.39. The van der Waals surface area contributed by atoms with E-state index in [1.54, 1.807) is 0 Å². The topological polar surface area (TPSA) is 87.8 Å². The van der Waals surface area contributed by atoms with Crippen LogP contribution in [0.15, 0.2) is 47.6 Å². The molecule has 0 radical (unpaired) electrons. The molecular weight excluding hydrogens is 302 g/mol. The van der Waals surface area contributed by atoms with Crippen LogP contribution in [0.5, 0.6) is 5.75 Å². The lowest BCUT2D eigenvalue weighted by atomic mass is 10.2. The summed E-state index contributed by atoms with van der Waals surface area (Å²) in [5.41, 5.74) is 5.43. The summed E-state index contributed by atoms with van der Waals surface area (Å²) in [6.45, 7) is 2.01. The number of aryl methyl sites for hydroxylation is 1. The minimum absolute atomic E-state index is 0.0101. The maximum Gasteiger partial charge on any atom is 0.270 e. The van der Waals surface area contributed by atoms with E-state index in [0.717, 1.165) is 16.2 Å². The number of benzene rings is 2. The van der Waals surface area contributed by atoms with Crippen LogP contribution in [0.4, 0.5) is 5.69 Å². The lowest BCUT2D eigenvalue weighted by molar-refractivity contribution is -0.384. The molecule has 0 spiro atoms. The molecule has 0 saturated carbocycles. The van der Waals surface area contributed by atoms with Gasteiger partial charge >= 0.3 is 0 Å². The summed E-state index contributed by atoms with van der Waals surface area (Å²) in [7, 11) is 0. The number of non-ortho nitro benzene ring substituents is 1. The zero-order chi connectivity index (χ0) is 15.7. The van der Waals surface area contributed by atoms with Gasteiger partial charge in [-0.2, -0.15) is 5.10 Å². The van der Waals surface area contributed by atoms with Crippen LogP contribution < -0.4 is 5.43 Å². The van der Waals surface area contributed by atoms with E-state index >= 15 is 0 Å². The number of hydrazone groups is 1. The van der Waals surface area contributed by atoms with Crippen LogP contribution in [0.2, 0.25) is 0 Å². The Morgan fingerprint density at radius 1 is 1.27 bits per heavy atom. The summed E-state index contributed by atoms with van der Waals surface area (Å²) >= 11 is 1.41. The Hall–Kier alpha value is -2.54. The molecule has 112 valence electrons. The fraction of sp³-hybridized carbons (Fsp3) is 0.133. The van der Waals surface area contributed by atoms with Crippen molar-refractivity contribution in [1.82, 2.24) is 5.43 Å². The third kappa shape index (κ3) is 2.75. The Morgan fingerprint density at radius 2 is 2.00 bits per heavy atom. The zero-order valence-electron chi connectivity index (χ0n) is 11.7. The molecule has 2 N–H and O–H groups in total. The van der Waals surface area contributed by atoms with Gasteiger partial charge < -0.3 is 5.11 Å². The maximum atomic E-state index is 10.9. The number of phenols is 1. The van der Waals surface area contributed by atoms with Crippen LogP contribution in [0.3, 0.4) is 0 Å². The molecule has 1 aliphatic rings. The van der Waals surface area contributed by atoms with Crippen molar-refractivity contribution < 1.29 is 10.0 Å². The van der Waals surface area contributed by atoms with Gasteiger partial charge in [0.1, 0.15) is 16.2 Å². The summed E-state index contributed by atoms with van der Waals surface area (Å²) in [5.74, 6) is 0.0101. The molecule has 6 nitrogen and oxygen atoms in total. The van der Waals surface area contributed by atoms with E-state index in [-0.39, 0.29) is 16.8 Å². The van der Waals surface area contributed by atoms with Crippen molar-refractivity contribution in [2.45, 2.75) is 12.3 Å². The maximum absolute atomic E-state index is 10.9. The molecular formula is C15H13N3O3S. The minimum atomic E-state index is -0.482. The fourth-order valence-electron chi connectivity index (χ4n) is 2.11. The van der Waals surface area contributed by atoms with Crippen LogP contribution in [-0.4, -0.2) is 15.1 Å². The molecule has 7 heteroatoms. The normalized spacial score (nSPS) is 17.0. The van der Waals surface area contributed by atoms with E-state index < -0.39 is 4.92 Å². The second kappa shape index (κ2) is 5.69. The molecule has 1 atom stereocenters. The fourth-order valence-corrected chi connectivity index (χ4v) is 3.13. The van der Waals surface area contributed by atoms with Gasteiger partial charge in [-0.3, -0.25) is 15.5 Å². The zero-order valence-corrected chi connectivity index (χ0v) is 12.5. The molecule has 0 saturated heterocycles. The second-order valence-electron chi connectivity index (χ2n) is 4.91. The highest BCUT2D eigenvalue weighted by Gasteiger charge is 2.26. The second-order valence-corrected chi connectivity index (χ2v) is 6.00. The van der Waals surface area contributed by atoms with Gasteiger partial charge in [0.15, 0.2) is 0 Å². The van der Waals surface area contributed by atoms with Gasteiger partial charge in [0, 0.05) is 23.3 Å². The van der Waals surface area contributed by atoms with Gasteiger partial charge in [-0.05, 0) is 13.0 Å². The quantitative estimate of drug-likeness (QED) is 0.670. The molecule has 2 aromatic rings. The van der Waals surface area contributed by atoms with Gasteiger partial charge in [-0.1, -0.05) is 41.6 Å². The average Bonchev–Trinajstić information content (AvgIpc) is 2.98. The lowest BCUT2D eigenvalue weighted by Gasteiger charge is -2.11. The number of aromatic hydroxyl groups is 1. The van der Waals surface area contributed by atoms with Crippen LogP contribution >= 0.6 is 11.8 Å². The number of nitrogens with one attached hydrogen (secondary N) is 1. The molecule has 0 unspecified atom stereocenters. The molecule has 2 aromatic carbocycles. The first-order chi connectivity index (χ1) is 10.5. The summed E-state index contributed by atoms with van der Waals surface area (Å²) in [6.07, 6.45) is 0. The number of phenolic OH excluding ortho intramolecular Hbond substituents is 1. The van der Waals surface area contributed by atoms with Crippen LogP contribution in [0, 0.1) is 17.0 Å². The molecule has 22 heavy (non-hydrogen) atoms. The highest BCUT2D eigenvalue weighted by molar-refractivity contribution is 8.14. The molecule has 1 aliphatic heterocycles. The third-order valence-electron chi connectivity index (χ3n) is 3.32. The number of hydrogen-bond donors (Lipinski definition) is 2. The molecule has 0 fully saturated rings. The molecule has 0 aliphatic carbocycles. The minimum Gasteiger partial charge on any atom is -0.508 e. The smallest absolute Gasteiger partial charge is 0.270 e. The Bertz CT molecular complexity index is 759. The van der Waals surface area contributed by atoms with E-state index in [9.17, 15) is 15.2 Å². The van der Waals surface area contributed by atoms with E-state index in [2.05, 4.69) is 10.5 Å². The monoisotopic (exact) mass is 315 g/mol. The average molecular weight is 315 g/mol. The number of hydrogen-bond acceptors (Lipinski definition) is 6. The Balaban J connectivity index is 1.83. The predicted octanol–water partition coefficient (Wildman–Crippen LogP) is 3.31. The van der Waals surface area contributed by atoms with Crippen LogP contribution in [0.1, 0.15) is 22.1 Å². The third-order valence-corrected chi connectivity index (χ3v) is 4.46. The number of nitro benzene ring substituents is 1. The van der Waals surface area contributed by atoms with Crippen molar-refractivity contribution in [2.75, 3.05) is 0 Å². The van der Waals surface area contributed by atoms with E-state index in [4.69, 9.17) is 0 Å². The van der Waals surface area contributed by atoms with E-state index in [0.29, 0.717) is 5.56 Å². The summed E-state index contributed by atoms with van der Waals surface area (Å²) in [4.78, 5) is 10.4. The van der Waals surface area contributed by atoms with E-state index in [1.165, 1.54) is 30.0 Å². The van der Waals surface area contributed by atoms with Crippen molar-refractivity contribution in [1.29, 1.82) is 0 Å². The van der Waals surface area contributed by atoms with Gasteiger partial charge in [-0.15, -0.1) is 0 Å². The van der Waals surface area contributed by atoms with E-state index in [1.807, 2.05) is 31.2 Å². The van der Waals surface area contributed by atoms with Gasteiger partial charge in [0.05, 0.1) is 4.92 Å². The largest absolute Gasteiger partial charge is 0.508 e. The van der Waals surface area contributed by atoms with Crippen molar-refractivity contribution in [2.24, 2.45) is 5.10 Å². The summed E-state index contributed by atoms with van der Waals surface area (Å²) in [5, 5.41) is 25.5. The van der Waals surface area contributed by atoms with Crippen molar-refractivity contribution in [3.63, 3.8) is 0 Å². The molecule has 0 aromatic heterocycles. The Kier molecular flexibility index (Phi) is 3.72. The summed E-state index contributed by atoms with van der Waals surface area (Å²) < 4.78 is 0. The molecule has 0 amide bonds.